The van der Waals surface area contributed by atoms with E-state index < -0.39 is 0 Å². The fraction of sp³-hybridized carbons (Fsp3) is 0.714. The van der Waals surface area contributed by atoms with Crippen molar-refractivity contribution in [1.29, 1.82) is 0 Å². The Balaban J connectivity index is 1.92. The second kappa shape index (κ2) is 6.47. The molecule has 0 amide bonds. The van der Waals surface area contributed by atoms with Crippen molar-refractivity contribution in [1.82, 2.24) is 9.55 Å². The van der Waals surface area contributed by atoms with Crippen LogP contribution in [-0.4, -0.2) is 15.7 Å². The molecule has 18 heavy (non-hydrogen) atoms. The van der Waals surface area contributed by atoms with Crippen molar-refractivity contribution in [3.8, 4) is 0 Å². The number of nitrogens with zero attached hydrogens (tertiary/aromatic N) is 2. The molecular formula is C14H23N2OP. The normalized spacial score (nSPS) is 24.1. The van der Waals surface area contributed by atoms with Crippen molar-refractivity contribution in [3.63, 3.8) is 0 Å². The van der Waals surface area contributed by atoms with Gasteiger partial charge in [-0.2, -0.15) is 0 Å². The Labute approximate surface area is 111 Å². The van der Waals surface area contributed by atoms with Crippen molar-refractivity contribution in [2.45, 2.75) is 38.5 Å². The van der Waals surface area contributed by atoms with Crippen LogP contribution in [0.1, 0.15) is 37.8 Å². The van der Waals surface area contributed by atoms with Crippen LogP contribution >= 0.6 is 9.24 Å². The minimum absolute atomic E-state index is 0.0737. The van der Waals surface area contributed by atoms with E-state index in [-0.39, 0.29) is 5.56 Å². The van der Waals surface area contributed by atoms with E-state index >= 15 is 0 Å². The lowest BCUT2D eigenvalue weighted by molar-refractivity contribution is 0.267. The van der Waals surface area contributed by atoms with Gasteiger partial charge < -0.3 is 4.57 Å². The number of aryl methyl sites for hydroxylation is 1. The van der Waals surface area contributed by atoms with E-state index in [0.717, 1.165) is 18.0 Å². The molecule has 0 radical (unpaired) electrons. The molecule has 1 unspecified atom stereocenters. The molecule has 100 valence electrons. The van der Waals surface area contributed by atoms with Crippen LogP contribution in [0.25, 0.3) is 0 Å². The van der Waals surface area contributed by atoms with E-state index in [9.17, 15) is 4.79 Å². The first kappa shape index (κ1) is 13.7. The molecular weight excluding hydrogens is 243 g/mol. The third kappa shape index (κ3) is 3.41. The maximum atomic E-state index is 11.9. The van der Waals surface area contributed by atoms with Gasteiger partial charge >= 0.3 is 0 Å². The van der Waals surface area contributed by atoms with Gasteiger partial charge in [0.2, 0.25) is 0 Å². The smallest absolute Gasteiger partial charge is 0.271 e. The molecule has 1 aromatic heterocycles. The summed E-state index contributed by atoms with van der Waals surface area (Å²) in [4.78, 5) is 16.2. The second-order valence-electron chi connectivity index (χ2n) is 5.46. The van der Waals surface area contributed by atoms with Gasteiger partial charge in [0, 0.05) is 19.4 Å². The minimum Gasteiger partial charge on any atom is -0.315 e. The molecule has 3 nitrogen and oxygen atoms in total. The van der Waals surface area contributed by atoms with Crippen LogP contribution in [0.15, 0.2) is 17.2 Å². The van der Waals surface area contributed by atoms with Crippen LogP contribution in [0, 0.1) is 11.8 Å². The molecule has 1 aromatic rings. The first-order valence-corrected chi connectivity index (χ1v) is 7.73. The molecule has 0 saturated heterocycles. The van der Waals surface area contributed by atoms with Gasteiger partial charge in [0.05, 0.1) is 0 Å². The fourth-order valence-electron chi connectivity index (χ4n) is 2.92. The third-order valence-electron chi connectivity index (χ3n) is 4.11. The van der Waals surface area contributed by atoms with Crippen LogP contribution in [0.4, 0.5) is 0 Å². The summed E-state index contributed by atoms with van der Waals surface area (Å²) in [6, 6.07) is 0. The van der Waals surface area contributed by atoms with Gasteiger partial charge in [0.25, 0.3) is 5.56 Å². The minimum atomic E-state index is 0.0737. The molecule has 0 N–H and O–H groups in total. The van der Waals surface area contributed by atoms with Crippen molar-refractivity contribution >= 4 is 9.24 Å². The highest BCUT2D eigenvalue weighted by atomic mass is 31.0. The number of hydrogen-bond donors (Lipinski definition) is 0. The lowest BCUT2D eigenvalue weighted by Crippen LogP contribution is -2.25. The van der Waals surface area contributed by atoms with Crippen LogP contribution in [0.2, 0.25) is 0 Å². The second-order valence-corrected chi connectivity index (χ2v) is 6.04. The van der Waals surface area contributed by atoms with E-state index in [4.69, 9.17) is 0 Å². The summed E-state index contributed by atoms with van der Waals surface area (Å²) < 4.78 is 1.63. The molecule has 2 rings (SSSR count). The van der Waals surface area contributed by atoms with Gasteiger partial charge in [-0.25, -0.2) is 0 Å². The summed E-state index contributed by atoms with van der Waals surface area (Å²) in [7, 11) is 4.62. The van der Waals surface area contributed by atoms with Crippen molar-refractivity contribution in [2.75, 3.05) is 6.16 Å². The van der Waals surface area contributed by atoms with Gasteiger partial charge in [-0.05, 0) is 43.7 Å². The van der Waals surface area contributed by atoms with Crippen LogP contribution in [0.5, 0.6) is 0 Å². The molecule has 0 aromatic carbocycles. The zero-order valence-corrected chi connectivity index (χ0v) is 12.3. The lowest BCUT2D eigenvalue weighted by Gasteiger charge is -2.27. The Morgan fingerprint density at radius 1 is 1.33 bits per heavy atom. The monoisotopic (exact) mass is 266 g/mol. The maximum absolute atomic E-state index is 11.9. The summed E-state index contributed by atoms with van der Waals surface area (Å²) in [5.74, 6) is 1.57. The van der Waals surface area contributed by atoms with Gasteiger partial charge in [-0.15, -0.1) is 9.24 Å². The zero-order chi connectivity index (χ0) is 13.0. The number of hydrogen-bond acceptors (Lipinski definition) is 2. The number of rotatable bonds is 4. The first-order chi connectivity index (χ1) is 8.70. The lowest BCUT2D eigenvalue weighted by atomic mass is 9.79. The molecule has 0 bridgehead atoms. The Hall–Kier alpha value is -0.690. The predicted octanol–water partition coefficient (Wildman–Crippen LogP) is 2.39. The Bertz CT molecular complexity index is 436. The van der Waals surface area contributed by atoms with E-state index in [1.807, 2.05) is 0 Å². The summed E-state index contributed by atoms with van der Waals surface area (Å²) in [6.07, 6.45) is 12.0. The molecule has 1 heterocycles. The highest BCUT2D eigenvalue weighted by Crippen LogP contribution is 2.32. The standard InChI is InChI=1S/C14H23N2OP/c1-16-8-7-15-13(14(16)17)10-12-4-2-11(3-5-12)6-9-18/h7-8,11-12H,2-6,9-10,18H2,1H3. The fourth-order valence-corrected chi connectivity index (χ4v) is 3.39. The molecule has 0 spiro atoms. The summed E-state index contributed by atoms with van der Waals surface area (Å²) in [5.41, 5.74) is 0.819. The number of aromatic nitrogens is 2. The maximum Gasteiger partial charge on any atom is 0.271 e. The molecule has 1 atom stereocenters. The van der Waals surface area contributed by atoms with Crippen molar-refractivity contribution < 1.29 is 0 Å². The van der Waals surface area contributed by atoms with Gasteiger partial charge in [0.15, 0.2) is 0 Å². The topological polar surface area (TPSA) is 34.9 Å². The average molecular weight is 266 g/mol. The quantitative estimate of drug-likeness (QED) is 0.784. The molecule has 1 aliphatic rings. The van der Waals surface area contributed by atoms with E-state index in [1.54, 1.807) is 24.0 Å². The summed E-state index contributed by atoms with van der Waals surface area (Å²) in [5, 5.41) is 0. The van der Waals surface area contributed by atoms with Crippen molar-refractivity contribution in [3.05, 3.63) is 28.4 Å². The van der Waals surface area contributed by atoms with Crippen molar-refractivity contribution in [2.24, 2.45) is 18.9 Å². The SMILES string of the molecule is Cn1ccnc(CC2CCC(CCP)CC2)c1=O. The third-order valence-corrected chi connectivity index (χ3v) is 4.44. The molecule has 0 aliphatic heterocycles. The highest BCUT2D eigenvalue weighted by Gasteiger charge is 2.22. The van der Waals surface area contributed by atoms with Crippen LogP contribution in [-0.2, 0) is 13.5 Å². The summed E-state index contributed by atoms with van der Waals surface area (Å²) >= 11 is 0. The molecule has 1 aliphatic carbocycles. The zero-order valence-electron chi connectivity index (χ0n) is 11.1. The summed E-state index contributed by atoms with van der Waals surface area (Å²) in [6.45, 7) is 0. The highest BCUT2D eigenvalue weighted by molar-refractivity contribution is 7.16. The molecule has 4 heteroatoms. The van der Waals surface area contributed by atoms with E-state index in [2.05, 4.69) is 14.2 Å². The largest absolute Gasteiger partial charge is 0.315 e. The van der Waals surface area contributed by atoms with E-state index in [1.165, 1.54) is 38.3 Å². The Kier molecular flexibility index (Phi) is 4.94. The average Bonchev–Trinajstić information content (AvgIpc) is 2.38. The molecule has 1 fully saturated rings. The molecule has 1 saturated carbocycles. The predicted molar refractivity (Wildman–Crippen MR) is 77.8 cm³/mol. The van der Waals surface area contributed by atoms with Gasteiger partial charge in [-0.3, -0.25) is 9.78 Å². The Morgan fingerprint density at radius 2 is 2.00 bits per heavy atom. The van der Waals surface area contributed by atoms with Crippen LogP contribution < -0.4 is 5.56 Å². The first-order valence-electron chi connectivity index (χ1n) is 6.91. The Morgan fingerprint density at radius 3 is 2.67 bits per heavy atom. The van der Waals surface area contributed by atoms with Crippen LogP contribution in [0.3, 0.4) is 0 Å². The van der Waals surface area contributed by atoms with E-state index in [0.29, 0.717) is 5.92 Å². The van der Waals surface area contributed by atoms with Gasteiger partial charge in [0.1, 0.15) is 5.69 Å². The van der Waals surface area contributed by atoms with Gasteiger partial charge in [-0.1, -0.05) is 12.8 Å².